The predicted molar refractivity (Wildman–Crippen MR) is 68.4 cm³/mol. The number of pyridine rings is 1. The second-order valence-corrected chi connectivity index (χ2v) is 4.21. The zero-order valence-corrected chi connectivity index (χ0v) is 10.9. The monoisotopic (exact) mass is 239 g/mol. The highest BCUT2D eigenvalue weighted by molar-refractivity contribution is 5.09. The Labute approximate surface area is 103 Å². The zero-order valence-electron chi connectivity index (χ0n) is 10.9. The van der Waals surface area contributed by atoms with E-state index in [0.29, 0.717) is 0 Å². The highest BCUT2D eigenvalue weighted by atomic mass is 19.1. The van der Waals surface area contributed by atoms with Gasteiger partial charge in [-0.15, -0.1) is 0 Å². The van der Waals surface area contributed by atoms with Gasteiger partial charge in [0.2, 0.25) is 0 Å². The number of rotatable bonds is 7. The van der Waals surface area contributed by atoms with E-state index in [2.05, 4.69) is 36.1 Å². The van der Waals surface area contributed by atoms with Gasteiger partial charge >= 0.3 is 0 Å². The van der Waals surface area contributed by atoms with Crippen molar-refractivity contribution >= 4 is 0 Å². The maximum Gasteiger partial charge on any atom is 0.141 e. The van der Waals surface area contributed by atoms with E-state index in [1.165, 1.54) is 12.3 Å². The summed E-state index contributed by atoms with van der Waals surface area (Å²) in [6.07, 6.45) is 2.23. The van der Waals surface area contributed by atoms with Crippen LogP contribution in [0.3, 0.4) is 0 Å². The molecule has 1 heterocycles. The molecule has 1 unspecified atom stereocenters. The first-order chi connectivity index (χ1) is 8.17. The molecule has 1 N–H and O–H groups in total. The predicted octanol–water partition coefficient (Wildman–Crippen LogP) is 2.21. The summed E-state index contributed by atoms with van der Waals surface area (Å²) >= 11 is 0. The maximum atomic E-state index is 12.8. The van der Waals surface area contributed by atoms with Crippen LogP contribution in [0.2, 0.25) is 0 Å². The van der Waals surface area contributed by atoms with E-state index in [4.69, 9.17) is 0 Å². The minimum Gasteiger partial charge on any atom is -0.307 e. The zero-order chi connectivity index (χ0) is 12.7. The Morgan fingerprint density at radius 3 is 2.71 bits per heavy atom. The number of halogens is 1. The lowest BCUT2D eigenvalue weighted by Gasteiger charge is -2.19. The van der Waals surface area contributed by atoms with Crippen LogP contribution >= 0.6 is 0 Å². The molecular weight excluding hydrogens is 217 g/mol. The third kappa shape index (κ3) is 4.79. The Kier molecular flexibility index (Phi) is 6.08. The highest BCUT2D eigenvalue weighted by Gasteiger charge is 2.09. The van der Waals surface area contributed by atoms with Crippen molar-refractivity contribution < 1.29 is 4.39 Å². The van der Waals surface area contributed by atoms with Crippen LogP contribution in [0.15, 0.2) is 18.3 Å². The van der Waals surface area contributed by atoms with Gasteiger partial charge in [-0.05, 0) is 32.1 Å². The van der Waals surface area contributed by atoms with Crippen molar-refractivity contribution in [2.75, 3.05) is 26.7 Å². The lowest BCUT2D eigenvalue weighted by atomic mass is 10.1. The molecule has 17 heavy (non-hydrogen) atoms. The van der Waals surface area contributed by atoms with Gasteiger partial charge in [0.15, 0.2) is 0 Å². The summed E-state index contributed by atoms with van der Waals surface area (Å²) in [6, 6.07) is 3.42. The van der Waals surface area contributed by atoms with E-state index in [0.717, 1.165) is 31.7 Å². The van der Waals surface area contributed by atoms with Crippen molar-refractivity contribution in [1.29, 1.82) is 0 Å². The standard InChI is InChI=1S/C13H22FN3/c1-4-12(15-8-9-17(3)5-2)13-7-6-11(14)10-16-13/h6-7,10,12,15H,4-5,8-9H2,1-3H3. The van der Waals surface area contributed by atoms with E-state index in [-0.39, 0.29) is 11.9 Å². The summed E-state index contributed by atoms with van der Waals surface area (Å²) in [4.78, 5) is 6.36. The molecular formula is C13H22FN3. The minimum atomic E-state index is -0.283. The first-order valence-electron chi connectivity index (χ1n) is 6.20. The van der Waals surface area contributed by atoms with Crippen LogP contribution < -0.4 is 5.32 Å². The smallest absolute Gasteiger partial charge is 0.141 e. The third-order valence-corrected chi connectivity index (χ3v) is 2.94. The second kappa shape index (κ2) is 7.35. The Balaban J connectivity index is 2.45. The molecule has 0 aliphatic carbocycles. The average Bonchev–Trinajstić information content (AvgIpc) is 2.35. The molecule has 0 saturated heterocycles. The first kappa shape index (κ1) is 14.1. The molecule has 0 spiro atoms. The van der Waals surface area contributed by atoms with Crippen molar-refractivity contribution in [1.82, 2.24) is 15.2 Å². The molecule has 96 valence electrons. The van der Waals surface area contributed by atoms with Gasteiger partial charge in [-0.3, -0.25) is 4.98 Å². The van der Waals surface area contributed by atoms with E-state index in [1.54, 1.807) is 6.07 Å². The molecule has 0 fully saturated rings. The van der Waals surface area contributed by atoms with Crippen LogP contribution in [0, 0.1) is 5.82 Å². The summed E-state index contributed by atoms with van der Waals surface area (Å²) in [5, 5.41) is 3.44. The lowest BCUT2D eigenvalue weighted by Crippen LogP contribution is -2.31. The van der Waals surface area contributed by atoms with E-state index in [9.17, 15) is 4.39 Å². The van der Waals surface area contributed by atoms with Crippen LogP contribution in [-0.4, -0.2) is 36.6 Å². The van der Waals surface area contributed by atoms with Crippen LogP contribution in [-0.2, 0) is 0 Å². The molecule has 0 radical (unpaired) electrons. The Morgan fingerprint density at radius 1 is 1.41 bits per heavy atom. The fraction of sp³-hybridized carbons (Fsp3) is 0.615. The number of nitrogens with one attached hydrogen (secondary N) is 1. The maximum absolute atomic E-state index is 12.8. The van der Waals surface area contributed by atoms with Crippen LogP contribution in [0.5, 0.6) is 0 Å². The SMILES string of the molecule is CCC(NCCN(C)CC)c1ccc(F)cn1. The molecule has 1 aromatic rings. The Hall–Kier alpha value is -1.00. The van der Waals surface area contributed by atoms with Crippen molar-refractivity contribution in [2.24, 2.45) is 0 Å². The van der Waals surface area contributed by atoms with E-state index < -0.39 is 0 Å². The summed E-state index contributed by atoms with van der Waals surface area (Å²) in [6.45, 7) is 7.22. The van der Waals surface area contributed by atoms with Gasteiger partial charge in [-0.2, -0.15) is 0 Å². The molecule has 0 saturated carbocycles. The number of hydrogen-bond donors (Lipinski definition) is 1. The summed E-state index contributed by atoms with van der Waals surface area (Å²) in [5.41, 5.74) is 0.910. The van der Waals surface area contributed by atoms with Crippen molar-refractivity contribution in [3.8, 4) is 0 Å². The number of nitrogens with zero attached hydrogens (tertiary/aromatic N) is 2. The highest BCUT2D eigenvalue weighted by Crippen LogP contribution is 2.13. The largest absolute Gasteiger partial charge is 0.307 e. The molecule has 3 nitrogen and oxygen atoms in total. The molecule has 0 aliphatic rings. The second-order valence-electron chi connectivity index (χ2n) is 4.21. The van der Waals surface area contributed by atoms with Crippen molar-refractivity contribution in [3.05, 3.63) is 29.8 Å². The van der Waals surface area contributed by atoms with Gasteiger partial charge in [0.25, 0.3) is 0 Å². The van der Waals surface area contributed by atoms with Crippen LogP contribution in [0.1, 0.15) is 32.0 Å². The van der Waals surface area contributed by atoms with E-state index in [1.807, 2.05) is 0 Å². The normalized spacial score (nSPS) is 13.0. The molecule has 1 rings (SSSR count). The van der Waals surface area contributed by atoms with Gasteiger partial charge in [0.05, 0.1) is 11.9 Å². The third-order valence-electron chi connectivity index (χ3n) is 2.94. The molecule has 0 bridgehead atoms. The summed E-state index contributed by atoms with van der Waals surface area (Å²) in [7, 11) is 2.10. The van der Waals surface area contributed by atoms with Gasteiger partial charge in [-0.1, -0.05) is 13.8 Å². The van der Waals surface area contributed by atoms with Crippen LogP contribution in [0.4, 0.5) is 4.39 Å². The number of hydrogen-bond acceptors (Lipinski definition) is 3. The minimum absolute atomic E-state index is 0.209. The Bertz CT molecular complexity index is 313. The van der Waals surface area contributed by atoms with Gasteiger partial charge in [-0.25, -0.2) is 4.39 Å². The number of likely N-dealkylation sites (N-methyl/N-ethyl adjacent to an activating group) is 1. The molecule has 4 heteroatoms. The van der Waals surface area contributed by atoms with Gasteiger partial charge in [0.1, 0.15) is 5.82 Å². The lowest BCUT2D eigenvalue weighted by molar-refractivity contribution is 0.337. The first-order valence-corrected chi connectivity index (χ1v) is 6.20. The molecule has 1 aromatic heterocycles. The van der Waals surface area contributed by atoms with Gasteiger partial charge < -0.3 is 10.2 Å². The molecule has 0 amide bonds. The summed E-state index contributed by atoms with van der Waals surface area (Å²) in [5.74, 6) is -0.283. The summed E-state index contributed by atoms with van der Waals surface area (Å²) < 4.78 is 12.8. The van der Waals surface area contributed by atoms with Crippen molar-refractivity contribution in [3.63, 3.8) is 0 Å². The average molecular weight is 239 g/mol. The van der Waals surface area contributed by atoms with Crippen molar-refractivity contribution in [2.45, 2.75) is 26.3 Å². The Morgan fingerprint density at radius 2 is 2.18 bits per heavy atom. The molecule has 1 atom stereocenters. The van der Waals surface area contributed by atoms with E-state index >= 15 is 0 Å². The number of aromatic nitrogens is 1. The quantitative estimate of drug-likeness (QED) is 0.790. The fourth-order valence-corrected chi connectivity index (χ4v) is 1.64. The topological polar surface area (TPSA) is 28.2 Å². The molecule has 0 aromatic carbocycles. The van der Waals surface area contributed by atoms with Crippen LogP contribution in [0.25, 0.3) is 0 Å². The molecule has 0 aliphatic heterocycles. The van der Waals surface area contributed by atoms with Gasteiger partial charge in [0, 0.05) is 19.1 Å². The fourth-order valence-electron chi connectivity index (χ4n) is 1.64.